The summed E-state index contributed by atoms with van der Waals surface area (Å²) in [5.74, 6) is -0.313. The Morgan fingerprint density at radius 3 is 1.09 bits per heavy atom. The van der Waals surface area contributed by atoms with E-state index in [1.165, 1.54) is 141 Å². The molecule has 0 N–H and O–H groups in total. The van der Waals surface area contributed by atoms with Gasteiger partial charge in [-0.25, -0.2) is 0 Å². The van der Waals surface area contributed by atoms with Crippen molar-refractivity contribution in [2.24, 2.45) is 0 Å². The normalized spacial score (nSPS) is 17.0. The van der Waals surface area contributed by atoms with Crippen LogP contribution in [0.3, 0.4) is 0 Å². The van der Waals surface area contributed by atoms with Crippen molar-refractivity contribution >= 4 is 11.9 Å². The van der Waals surface area contributed by atoms with Gasteiger partial charge >= 0.3 is 11.9 Å². The standard InChI is InChI=1S/C41H75NO4/c1-4-6-8-10-12-14-16-18-20-22-24-26-28-30-32-34-40(43)45-38-36-42(3)37-39(38)46-41(44)35-33-31-29-27-25-23-21-19-17-15-13-11-9-7-5-2/h18-21,38-39H,4-17,22-37H2,1-3H3. The topological polar surface area (TPSA) is 55.8 Å². The fraction of sp³-hybridized carbons (Fsp3) is 0.854. The zero-order valence-corrected chi connectivity index (χ0v) is 30.8. The molecular weight excluding hydrogens is 570 g/mol. The molecule has 0 saturated carbocycles. The third-order valence-electron chi connectivity index (χ3n) is 9.25. The van der Waals surface area contributed by atoms with Crippen LogP contribution < -0.4 is 0 Å². The van der Waals surface area contributed by atoms with E-state index < -0.39 is 0 Å². The maximum atomic E-state index is 12.5. The molecule has 268 valence electrons. The van der Waals surface area contributed by atoms with Gasteiger partial charge in [0.25, 0.3) is 0 Å². The van der Waals surface area contributed by atoms with Gasteiger partial charge in [-0.1, -0.05) is 141 Å². The summed E-state index contributed by atoms with van der Waals surface area (Å²) in [4.78, 5) is 27.1. The Morgan fingerprint density at radius 2 is 0.761 bits per heavy atom. The number of likely N-dealkylation sites (tertiary alicyclic amines) is 1. The maximum Gasteiger partial charge on any atom is 0.306 e. The second-order valence-electron chi connectivity index (χ2n) is 13.9. The Labute approximate surface area is 285 Å². The van der Waals surface area contributed by atoms with Gasteiger partial charge in [0.15, 0.2) is 12.2 Å². The summed E-state index contributed by atoms with van der Waals surface area (Å²) in [6, 6.07) is 0. The summed E-state index contributed by atoms with van der Waals surface area (Å²) < 4.78 is 11.5. The fourth-order valence-electron chi connectivity index (χ4n) is 6.29. The lowest BCUT2D eigenvalue weighted by Gasteiger charge is -2.19. The van der Waals surface area contributed by atoms with Crippen LogP contribution in [0.4, 0.5) is 0 Å². The van der Waals surface area contributed by atoms with Crippen molar-refractivity contribution < 1.29 is 19.1 Å². The zero-order valence-electron chi connectivity index (χ0n) is 30.8. The molecule has 0 aromatic rings. The average molecular weight is 646 g/mol. The lowest BCUT2D eigenvalue weighted by Crippen LogP contribution is -2.33. The van der Waals surface area contributed by atoms with Crippen LogP contribution in [0.1, 0.15) is 194 Å². The molecule has 0 aromatic carbocycles. The van der Waals surface area contributed by atoms with E-state index in [0.717, 1.165) is 25.7 Å². The second-order valence-corrected chi connectivity index (χ2v) is 13.9. The highest BCUT2D eigenvalue weighted by atomic mass is 16.6. The zero-order chi connectivity index (χ0) is 33.3. The van der Waals surface area contributed by atoms with Gasteiger partial charge in [-0.2, -0.15) is 0 Å². The summed E-state index contributed by atoms with van der Waals surface area (Å²) in [5, 5.41) is 0. The molecule has 1 fully saturated rings. The van der Waals surface area contributed by atoms with Gasteiger partial charge in [-0.3, -0.25) is 14.5 Å². The number of hydrogen-bond donors (Lipinski definition) is 0. The number of unbranched alkanes of at least 4 members (excludes halogenated alkanes) is 22. The number of rotatable bonds is 32. The highest BCUT2D eigenvalue weighted by Crippen LogP contribution is 2.19. The Balaban J connectivity index is 2.01. The molecule has 0 spiro atoms. The van der Waals surface area contributed by atoms with Gasteiger partial charge in [-0.05, 0) is 71.3 Å². The Kier molecular flexibility index (Phi) is 29.5. The van der Waals surface area contributed by atoms with E-state index in [4.69, 9.17) is 9.47 Å². The van der Waals surface area contributed by atoms with Gasteiger partial charge < -0.3 is 9.47 Å². The Morgan fingerprint density at radius 1 is 0.478 bits per heavy atom. The molecule has 5 nitrogen and oxygen atoms in total. The van der Waals surface area contributed by atoms with Crippen molar-refractivity contribution in [1.82, 2.24) is 4.90 Å². The van der Waals surface area contributed by atoms with E-state index >= 15 is 0 Å². The van der Waals surface area contributed by atoms with Gasteiger partial charge in [-0.15, -0.1) is 0 Å². The summed E-state index contributed by atoms with van der Waals surface area (Å²) >= 11 is 0. The molecule has 1 rings (SSSR count). The van der Waals surface area contributed by atoms with Crippen LogP contribution in [-0.2, 0) is 19.1 Å². The van der Waals surface area contributed by atoms with E-state index in [2.05, 4.69) is 43.1 Å². The molecule has 1 heterocycles. The molecule has 0 radical (unpaired) electrons. The second kappa shape index (κ2) is 32.0. The van der Waals surface area contributed by atoms with Crippen LogP contribution in [0.5, 0.6) is 0 Å². The number of esters is 2. The third kappa shape index (κ3) is 26.4. The quantitative estimate of drug-likeness (QED) is 0.0414. The Hall–Kier alpha value is -1.62. The minimum atomic E-state index is -0.348. The van der Waals surface area contributed by atoms with E-state index in [0.29, 0.717) is 25.9 Å². The number of nitrogens with zero attached hydrogens (tertiary/aromatic N) is 1. The number of allylic oxidation sites excluding steroid dienone is 4. The highest BCUT2D eigenvalue weighted by Gasteiger charge is 2.36. The van der Waals surface area contributed by atoms with Gasteiger partial charge in [0, 0.05) is 25.9 Å². The molecule has 0 amide bonds. The van der Waals surface area contributed by atoms with Crippen molar-refractivity contribution in [3.05, 3.63) is 24.3 Å². The summed E-state index contributed by atoms with van der Waals surface area (Å²) in [5.41, 5.74) is 0. The predicted octanol–water partition coefficient (Wildman–Crippen LogP) is 11.8. The first-order valence-corrected chi connectivity index (χ1v) is 19.9. The van der Waals surface area contributed by atoms with E-state index in [9.17, 15) is 9.59 Å². The predicted molar refractivity (Wildman–Crippen MR) is 196 cm³/mol. The summed E-state index contributed by atoms with van der Waals surface area (Å²) in [6.07, 6.45) is 41.9. The molecule has 0 aromatic heterocycles. The lowest BCUT2D eigenvalue weighted by atomic mass is 10.1. The first-order chi connectivity index (χ1) is 22.6. The highest BCUT2D eigenvalue weighted by molar-refractivity contribution is 5.70. The van der Waals surface area contributed by atoms with Gasteiger partial charge in [0.1, 0.15) is 0 Å². The fourth-order valence-corrected chi connectivity index (χ4v) is 6.29. The average Bonchev–Trinajstić information content (AvgIpc) is 3.38. The minimum absolute atomic E-state index is 0.156. The van der Waals surface area contributed by atoms with E-state index in [1.54, 1.807) is 0 Å². The van der Waals surface area contributed by atoms with E-state index in [-0.39, 0.29) is 24.1 Å². The van der Waals surface area contributed by atoms with Crippen molar-refractivity contribution in [3.8, 4) is 0 Å². The van der Waals surface area contributed by atoms with Crippen LogP contribution >= 0.6 is 0 Å². The molecule has 1 saturated heterocycles. The van der Waals surface area contributed by atoms with Gasteiger partial charge in [0.05, 0.1) is 0 Å². The van der Waals surface area contributed by atoms with Crippen LogP contribution in [-0.4, -0.2) is 49.2 Å². The molecular formula is C41H75NO4. The van der Waals surface area contributed by atoms with Crippen molar-refractivity contribution in [1.29, 1.82) is 0 Å². The number of carbonyl (C=O) groups excluding carboxylic acids is 2. The molecule has 5 heteroatoms. The minimum Gasteiger partial charge on any atom is -0.457 e. The molecule has 0 bridgehead atoms. The first kappa shape index (κ1) is 42.4. The van der Waals surface area contributed by atoms with Crippen molar-refractivity contribution in [2.45, 2.75) is 206 Å². The van der Waals surface area contributed by atoms with Crippen LogP contribution in [0.2, 0.25) is 0 Å². The largest absolute Gasteiger partial charge is 0.457 e. The number of ether oxygens (including phenoxy) is 2. The summed E-state index contributed by atoms with van der Waals surface area (Å²) in [6.45, 7) is 5.79. The first-order valence-electron chi connectivity index (χ1n) is 19.9. The lowest BCUT2D eigenvalue weighted by molar-refractivity contribution is -0.164. The SMILES string of the molecule is CCCCCCCCC=CCCCCCCCC(=O)OC1CN(C)CC1OC(=O)CCCCCCCC=CCCCCCCCC. The monoisotopic (exact) mass is 646 g/mol. The van der Waals surface area contributed by atoms with Crippen LogP contribution in [0, 0.1) is 0 Å². The molecule has 0 aliphatic carbocycles. The Bertz CT molecular complexity index is 702. The van der Waals surface area contributed by atoms with Gasteiger partial charge in [0.2, 0.25) is 0 Å². The molecule has 1 aliphatic heterocycles. The smallest absolute Gasteiger partial charge is 0.306 e. The number of likely N-dealkylation sites (N-methyl/N-ethyl adjacent to an activating group) is 1. The molecule has 46 heavy (non-hydrogen) atoms. The third-order valence-corrected chi connectivity index (χ3v) is 9.25. The molecule has 2 atom stereocenters. The molecule has 1 aliphatic rings. The molecule has 2 unspecified atom stereocenters. The maximum absolute atomic E-state index is 12.5. The van der Waals surface area contributed by atoms with E-state index in [1.807, 2.05) is 7.05 Å². The van der Waals surface area contributed by atoms with Crippen LogP contribution in [0.25, 0.3) is 0 Å². The summed E-state index contributed by atoms with van der Waals surface area (Å²) in [7, 11) is 1.99. The van der Waals surface area contributed by atoms with Crippen LogP contribution in [0.15, 0.2) is 24.3 Å². The number of hydrogen-bond acceptors (Lipinski definition) is 5. The van der Waals surface area contributed by atoms with Crippen molar-refractivity contribution in [2.75, 3.05) is 20.1 Å². The van der Waals surface area contributed by atoms with Crippen molar-refractivity contribution in [3.63, 3.8) is 0 Å². The number of carbonyl (C=O) groups is 2.